The molecule has 0 saturated heterocycles. The molecule has 6 heterocycles. The highest BCUT2D eigenvalue weighted by atomic mass is 15.1. The van der Waals surface area contributed by atoms with Crippen LogP contribution in [-0.2, 0) is 0 Å². The van der Waals surface area contributed by atoms with Crippen LogP contribution in [0.25, 0.3) is 0 Å². The monoisotopic (exact) mass is 815 g/mol. The summed E-state index contributed by atoms with van der Waals surface area (Å²) < 4.78 is 0. The van der Waals surface area contributed by atoms with Crippen molar-refractivity contribution in [3.8, 4) is 0 Å². The van der Waals surface area contributed by atoms with Crippen LogP contribution in [0.2, 0.25) is 0 Å². The van der Waals surface area contributed by atoms with Crippen molar-refractivity contribution < 1.29 is 0 Å². The highest BCUT2D eigenvalue weighted by Crippen LogP contribution is 2.18. The van der Waals surface area contributed by atoms with E-state index in [1.807, 2.05) is 71.3 Å². The van der Waals surface area contributed by atoms with Crippen molar-refractivity contribution >= 4 is 0 Å². The van der Waals surface area contributed by atoms with Crippen LogP contribution in [0.5, 0.6) is 0 Å². The highest BCUT2D eigenvalue weighted by Gasteiger charge is 2.06. The molecule has 0 bridgehead atoms. The van der Waals surface area contributed by atoms with Gasteiger partial charge in [-0.1, -0.05) is 95.2 Å². The van der Waals surface area contributed by atoms with Crippen LogP contribution in [0.1, 0.15) is 187 Å². The van der Waals surface area contributed by atoms with E-state index in [0.717, 1.165) is 45.6 Å². The molecule has 60 heavy (non-hydrogen) atoms. The number of pyridine rings is 2. The van der Waals surface area contributed by atoms with E-state index in [0.29, 0.717) is 35.5 Å². The standard InChI is InChI=1S/C10H15N.C9H14N2.C9H13N.C8H12N2.2C7H10N2/c1-7(2)10-6-5-8(3)11-9(10)4;1-6(2)9-8(4)11-7(3)5-10-9;1-7(2)9-5-4-8(3)10-6-9;1-6(2)8-4-5-9-10-7(8)3;1-6(2)7-3-4-8-5-9-7;1-6(2)7-4-3-5-8-9-7/h5-7H,1-4H3;5-6H,1-4H3;4-7H,1-3H3;4-6H,1-3H3;2*3-6H,1-2H3. The van der Waals surface area contributed by atoms with E-state index in [1.54, 1.807) is 24.9 Å². The summed E-state index contributed by atoms with van der Waals surface area (Å²) in [5.41, 5.74) is 13.7. The Bertz CT molecular complexity index is 1930. The van der Waals surface area contributed by atoms with Gasteiger partial charge in [-0.15, -0.1) is 0 Å². The van der Waals surface area contributed by atoms with Gasteiger partial charge >= 0.3 is 0 Å². The molecule has 0 aliphatic heterocycles. The van der Waals surface area contributed by atoms with E-state index in [9.17, 15) is 0 Å². The molecule has 0 amide bonds. The quantitative estimate of drug-likeness (QED) is 0.160. The van der Waals surface area contributed by atoms with Gasteiger partial charge < -0.3 is 0 Å². The van der Waals surface area contributed by atoms with Gasteiger partial charge in [-0.25, -0.2) is 9.97 Å². The first-order chi connectivity index (χ1) is 28.2. The minimum Gasteiger partial charge on any atom is -0.261 e. The maximum absolute atomic E-state index is 4.39. The molecule has 6 aromatic heterocycles. The summed E-state index contributed by atoms with van der Waals surface area (Å²) in [5, 5.41) is 15.4. The van der Waals surface area contributed by atoms with Gasteiger partial charge in [-0.3, -0.25) is 19.9 Å². The molecule has 0 aromatic carbocycles. The SMILES string of the molecule is CC(C)c1cccnn1.CC(C)c1ccncn1.Cc1ccc(C(C)C)c(C)n1.Cc1ccc(C(C)C)cn1.Cc1cnc(C(C)C)c(C)n1.Cc1nnccc1C(C)C. The first-order valence-corrected chi connectivity index (χ1v) is 21.2. The molecule has 6 rings (SSSR count). The summed E-state index contributed by atoms with van der Waals surface area (Å²) in [6, 6.07) is 16.3. The summed E-state index contributed by atoms with van der Waals surface area (Å²) >= 11 is 0. The molecule has 0 unspecified atom stereocenters. The lowest BCUT2D eigenvalue weighted by Gasteiger charge is -2.08. The smallest absolute Gasteiger partial charge is 0.115 e. The molecule has 10 nitrogen and oxygen atoms in total. The largest absolute Gasteiger partial charge is 0.261 e. The fraction of sp³-hybridized carbons (Fsp3) is 0.480. The van der Waals surface area contributed by atoms with Crippen molar-refractivity contribution in [2.45, 2.75) is 160 Å². The van der Waals surface area contributed by atoms with Gasteiger partial charge in [-0.2, -0.15) is 20.4 Å². The van der Waals surface area contributed by atoms with E-state index in [2.05, 4.69) is 165 Å². The molecular formula is C50H74N10. The van der Waals surface area contributed by atoms with Gasteiger partial charge in [0.1, 0.15) is 6.33 Å². The third kappa shape index (κ3) is 21.0. The molecule has 0 N–H and O–H groups in total. The predicted molar refractivity (Wildman–Crippen MR) is 250 cm³/mol. The molecule has 0 aliphatic carbocycles. The predicted octanol–water partition coefficient (Wildman–Crippen LogP) is 12.7. The number of hydrogen-bond donors (Lipinski definition) is 0. The Hall–Kier alpha value is -5.38. The van der Waals surface area contributed by atoms with Crippen molar-refractivity contribution in [1.29, 1.82) is 0 Å². The van der Waals surface area contributed by atoms with Crippen LogP contribution in [0.4, 0.5) is 0 Å². The fourth-order valence-electron chi connectivity index (χ4n) is 5.59. The zero-order valence-corrected chi connectivity index (χ0v) is 40.0. The second-order valence-electron chi connectivity index (χ2n) is 16.6. The van der Waals surface area contributed by atoms with Crippen LogP contribution in [0.3, 0.4) is 0 Å². The molecule has 6 aromatic rings. The first kappa shape index (κ1) is 52.6. The van der Waals surface area contributed by atoms with Gasteiger partial charge in [0.25, 0.3) is 0 Å². The van der Waals surface area contributed by atoms with Crippen LogP contribution >= 0.6 is 0 Å². The molecule has 0 atom stereocenters. The minimum atomic E-state index is 0.475. The Balaban J connectivity index is 0.000000361. The van der Waals surface area contributed by atoms with Gasteiger partial charge in [0, 0.05) is 53.8 Å². The average molecular weight is 815 g/mol. The Morgan fingerprint density at radius 1 is 0.400 bits per heavy atom. The van der Waals surface area contributed by atoms with Gasteiger partial charge in [-0.05, 0) is 130 Å². The van der Waals surface area contributed by atoms with E-state index in [-0.39, 0.29) is 0 Å². The maximum atomic E-state index is 4.39. The molecular weight excluding hydrogens is 741 g/mol. The lowest BCUT2D eigenvalue weighted by molar-refractivity contribution is 0.785. The van der Waals surface area contributed by atoms with Crippen LogP contribution in [-0.4, -0.2) is 50.3 Å². The molecule has 0 fully saturated rings. The summed E-state index contributed by atoms with van der Waals surface area (Å²) in [7, 11) is 0. The number of rotatable bonds is 6. The lowest BCUT2D eigenvalue weighted by Crippen LogP contribution is -2.00. The maximum Gasteiger partial charge on any atom is 0.115 e. The number of hydrogen-bond acceptors (Lipinski definition) is 10. The third-order valence-electron chi connectivity index (χ3n) is 9.09. The first-order valence-electron chi connectivity index (χ1n) is 21.2. The van der Waals surface area contributed by atoms with Crippen molar-refractivity contribution in [2.75, 3.05) is 0 Å². The van der Waals surface area contributed by atoms with Crippen molar-refractivity contribution in [2.24, 2.45) is 0 Å². The summed E-state index contributed by atoms with van der Waals surface area (Å²) in [6.07, 6.45) is 10.5. The zero-order chi connectivity index (χ0) is 45.4. The highest BCUT2D eigenvalue weighted by molar-refractivity contribution is 5.24. The second-order valence-corrected chi connectivity index (χ2v) is 16.6. The van der Waals surface area contributed by atoms with Crippen LogP contribution in [0.15, 0.2) is 85.8 Å². The Labute approximate surface area is 363 Å². The number of nitrogens with zero attached hydrogens (tertiary/aromatic N) is 10. The summed E-state index contributed by atoms with van der Waals surface area (Å²) in [6.45, 7) is 37.8. The van der Waals surface area contributed by atoms with Crippen molar-refractivity contribution in [3.63, 3.8) is 0 Å². The fourth-order valence-corrected chi connectivity index (χ4v) is 5.59. The normalized spacial score (nSPS) is 10.4. The molecule has 0 spiro atoms. The van der Waals surface area contributed by atoms with Gasteiger partial charge in [0.2, 0.25) is 0 Å². The van der Waals surface area contributed by atoms with Gasteiger partial charge in [0.05, 0.1) is 28.5 Å². The average Bonchev–Trinajstić information content (AvgIpc) is 3.20. The minimum absolute atomic E-state index is 0.475. The Kier molecular flexibility index (Phi) is 24.7. The summed E-state index contributed by atoms with van der Waals surface area (Å²) in [5.74, 6) is 3.20. The van der Waals surface area contributed by atoms with E-state index < -0.39 is 0 Å². The lowest BCUT2D eigenvalue weighted by atomic mass is 10.0. The van der Waals surface area contributed by atoms with Crippen molar-refractivity contribution in [3.05, 3.63) is 154 Å². The Morgan fingerprint density at radius 2 is 1.00 bits per heavy atom. The van der Waals surface area contributed by atoms with E-state index >= 15 is 0 Å². The number of aryl methyl sites for hydroxylation is 6. The zero-order valence-electron chi connectivity index (χ0n) is 40.0. The number of aromatic nitrogens is 10. The van der Waals surface area contributed by atoms with Crippen LogP contribution < -0.4 is 0 Å². The van der Waals surface area contributed by atoms with Gasteiger partial charge in [0.15, 0.2) is 0 Å². The molecule has 0 aliphatic rings. The van der Waals surface area contributed by atoms with E-state index in [1.165, 1.54) is 22.4 Å². The Morgan fingerprint density at radius 3 is 1.40 bits per heavy atom. The summed E-state index contributed by atoms with van der Waals surface area (Å²) in [4.78, 5) is 25.1. The molecule has 0 saturated carbocycles. The van der Waals surface area contributed by atoms with Crippen LogP contribution in [0, 0.1) is 41.5 Å². The molecule has 0 radical (unpaired) electrons. The van der Waals surface area contributed by atoms with E-state index in [4.69, 9.17) is 0 Å². The van der Waals surface area contributed by atoms with Crippen molar-refractivity contribution in [1.82, 2.24) is 50.3 Å². The third-order valence-corrected chi connectivity index (χ3v) is 9.09. The molecule has 324 valence electrons. The molecule has 10 heteroatoms. The second kappa shape index (κ2) is 28.2. The topological polar surface area (TPSA) is 129 Å².